The third-order valence-electron chi connectivity index (χ3n) is 4.17. The first kappa shape index (κ1) is 8.64. The van der Waals surface area contributed by atoms with Crippen molar-refractivity contribution in [2.45, 2.75) is 49.9 Å². The van der Waals surface area contributed by atoms with Crippen LogP contribution in [0.3, 0.4) is 0 Å². The minimum atomic E-state index is -1.37. The molecule has 1 nitrogen and oxygen atoms in total. The van der Waals surface area contributed by atoms with E-state index < -0.39 is 16.8 Å². The first-order chi connectivity index (χ1) is 6.47. The monoisotopic (exact) mass is 197 g/mol. The first-order valence-electron chi connectivity index (χ1n) is 5.26. The van der Waals surface area contributed by atoms with Crippen LogP contribution in [0.2, 0.25) is 0 Å². The van der Waals surface area contributed by atoms with E-state index in [2.05, 4.69) is 6.07 Å². The van der Waals surface area contributed by atoms with Gasteiger partial charge in [-0.25, -0.2) is 8.78 Å². The summed E-state index contributed by atoms with van der Waals surface area (Å²) in [5.74, 6) is 0.112. The van der Waals surface area contributed by atoms with Gasteiger partial charge in [0.25, 0.3) is 0 Å². The summed E-state index contributed by atoms with van der Waals surface area (Å²) >= 11 is 0. The number of nitriles is 1. The summed E-state index contributed by atoms with van der Waals surface area (Å²) in [6.45, 7) is 0. The fraction of sp³-hybridized carbons (Fsp3) is 0.909. The lowest BCUT2D eigenvalue weighted by molar-refractivity contribution is -0.156. The van der Waals surface area contributed by atoms with Crippen LogP contribution >= 0.6 is 0 Å². The Kier molecular flexibility index (Phi) is 1.31. The largest absolute Gasteiger partial charge is 0.244 e. The van der Waals surface area contributed by atoms with E-state index in [4.69, 9.17) is 5.26 Å². The second-order valence-electron chi connectivity index (χ2n) is 5.70. The predicted molar refractivity (Wildman–Crippen MR) is 46.9 cm³/mol. The van der Waals surface area contributed by atoms with Crippen LogP contribution in [0.15, 0.2) is 0 Å². The van der Waals surface area contributed by atoms with E-state index >= 15 is 0 Å². The number of hydrogen-bond acceptors (Lipinski definition) is 1. The van der Waals surface area contributed by atoms with Crippen LogP contribution in [0, 0.1) is 22.7 Å². The van der Waals surface area contributed by atoms with Gasteiger partial charge in [0.2, 0.25) is 0 Å². The molecular formula is C11H13F2N. The highest BCUT2D eigenvalue weighted by Crippen LogP contribution is 2.65. The van der Waals surface area contributed by atoms with E-state index in [0.29, 0.717) is 12.8 Å². The Labute approximate surface area is 82.1 Å². The molecule has 2 unspecified atom stereocenters. The molecule has 0 aromatic carbocycles. The van der Waals surface area contributed by atoms with Crippen LogP contribution in [0.1, 0.15) is 38.5 Å². The molecule has 4 bridgehead atoms. The summed E-state index contributed by atoms with van der Waals surface area (Å²) in [5, 5.41) is 9.08. The van der Waals surface area contributed by atoms with Crippen LogP contribution < -0.4 is 0 Å². The summed E-state index contributed by atoms with van der Waals surface area (Å²) in [5.41, 5.74) is -3.42. The van der Waals surface area contributed by atoms with Crippen molar-refractivity contribution in [2.75, 3.05) is 0 Å². The quantitative estimate of drug-likeness (QED) is 0.585. The zero-order chi connectivity index (χ0) is 10.0. The minimum absolute atomic E-state index is 0.0416. The predicted octanol–water partition coefficient (Wildman–Crippen LogP) is 2.91. The molecule has 0 radical (unpaired) electrons. The second kappa shape index (κ2) is 2.13. The molecule has 4 fully saturated rings. The second-order valence-corrected chi connectivity index (χ2v) is 5.70. The SMILES string of the molecule is N#CC12CC3CC(F)(CC(F)(C3)C1)C2. The summed E-state index contributed by atoms with van der Waals surface area (Å²) in [6, 6.07) is 2.18. The zero-order valence-electron chi connectivity index (χ0n) is 8.02. The highest BCUT2D eigenvalue weighted by Gasteiger charge is 2.65. The van der Waals surface area contributed by atoms with Gasteiger partial charge in [0.1, 0.15) is 11.3 Å². The van der Waals surface area contributed by atoms with Crippen molar-refractivity contribution in [3.8, 4) is 6.07 Å². The Hall–Kier alpha value is -0.650. The van der Waals surface area contributed by atoms with Gasteiger partial charge in [-0.2, -0.15) is 5.26 Å². The van der Waals surface area contributed by atoms with Crippen LogP contribution in [-0.2, 0) is 0 Å². The highest BCUT2D eigenvalue weighted by molar-refractivity contribution is 5.20. The van der Waals surface area contributed by atoms with Gasteiger partial charge in [0.15, 0.2) is 0 Å². The van der Waals surface area contributed by atoms with Gasteiger partial charge in [-0.3, -0.25) is 0 Å². The summed E-state index contributed by atoms with van der Waals surface area (Å²) in [7, 11) is 0. The average molecular weight is 197 g/mol. The van der Waals surface area contributed by atoms with Crippen LogP contribution in [0.5, 0.6) is 0 Å². The number of rotatable bonds is 0. The Morgan fingerprint density at radius 3 is 2.00 bits per heavy atom. The summed E-state index contributed by atoms with van der Waals surface area (Å²) < 4.78 is 28.3. The molecule has 0 amide bonds. The molecule has 4 aliphatic rings. The van der Waals surface area contributed by atoms with E-state index in [-0.39, 0.29) is 25.2 Å². The zero-order valence-corrected chi connectivity index (χ0v) is 8.02. The molecule has 0 aromatic rings. The number of alkyl halides is 2. The van der Waals surface area contributed by atoms with E-state index in [9.17, 15) is 8.78 Å². The lowest BCUT2D eigenvalue weighted by Gasteiger charge is -2.58. The normalized spacial score (nSPS) is 59.9. The van der Waals surface area contributed by atoms with Crippen LogP contribution in [-0.4, -0.2) is 11.3 Å². The Bertz CT molecular complexity index is 315. The Morgan fingerprint density at radius 1 is 1.00 bits per heavy atom. The molecule has 76 valence electrons. The Morgan fingerprint density at radius 2 is 1.57 bits per heavy atom. The van der Waals surface area contributed by atoms with Crippen molar-refractivity contribution >= 4 is 0 Å². The molecule has 0 aromatic heterocycles. The van der Waals surface area contributed by atoms with E-state index in [1.807, 2.05) is 0 Å². The fourth-order valence-corrected chi connectivity index (χ4v) is 4.33. The summed E-state index contributed by atoms with van der Waals surface area (Å²) in [6.07, 6.45) is 2.29. The van der Waals surface area contributed by atoms with E-state index in [1.54, 1.807) is 0 Å². The molecular weight excluding hydrogens is 184 g/mol. The number of hydrogen-bond donors (Lipinski definition) is 0. The van der Waals surface area contributed by atoms with Crippen LogP contribution in [0.25, 0.3) is 0 Å². The lowest BCUT2D eigenvalue weighted by atomic mass is 9.48. The first-order valence-corrected chi connectivity index (χ1v) is 5.26. The molecule has 2 atom stereocenters. The fourth-order valence-electron chi connectivity index (χ4n) is 4.33. The molecule has 3 heteroatoms. The Balaban J connectivity index is 2.06. The molecule has 0 heterocycles. The maximum Gasteiger partial charge on any atom is 0.115 e. The third-order valence-corrected chi connectivity index (χ3v) is 4.17. The number of halogens is 2. The lowest BCUT2D eigenvalue weighted by Crippen LogP contribution is -2.59. The molecule has 0 saturated heterocycles. The maximum absolute atomic E-state index is 14.2. The van der Waals surface area contributed by atoms with Crippen molar-refractivity contribution in [3.05, 3.63) is 0 Å². The van der Waals surface area contributed by atoms with Gasteiger partial charge in [-0.1, -0.05) is 0 Å². The highest BCUT2D eigenvalue weighted by atomic mass is 19.2. The average Bonchev–Trinajstić information content (AvgIpc) is 1.97. The van der Waals surface area contributed by atoms with Gasteiger partial charge in [0.05, 0.1) is 11.5 Å². The third kappa shape index (κ3) is 0.973. The smallest absolute Gasteiger partial charge is 0.115 e. The van der Waals surface area contributed by atoms with Crippen LogP contribution in [0.4, 0.5) is 8.78 Å². The topological polar surface area (TPSA) is 23.8 Å². The van der Waals surface area contributed by atoms with Gasteiger partial charge >= 0.3 is 0 Å². The van der Waals surface area contributed by atoms with Gasteiger partial charge < -0.3 is 0 Å². The van der Waals surface area contributed by atoms with Crippen molar-refractivity contribution in [2.24, 2.45) is 11.3 Å². The van der Waals surface area contributed by atoms with Crippen molar-refractivity contribution in [1.29, 1.82) is 5.26 Å². The van der Waals surface area contributed by atoms with Crippen molar-refractivity contribution < 1.29 is 8.78 Å². The molecule has 0 aliphatic heterocycles. The standard InChI is InChI=1S/C11H13F2N/c12-10-2-8-1-9(4-10,7-14)5-11(13,3-8)6-10/h8H,1-6H2. The van der Waals surface area contributed by atoms with Gasteiger partial charge in [0, 0.05) is 19.3 Å². The molecule has 4 aliphatic carbocycles. The molecule has 0 N–H and O–H groups in total. The van der Waals surface area contributed by atoms with Crippen molar-refractivity contribution in [1.82, 2.24) is 0 Å². The molecule has 0 spiro atoms. The van der Waals surface area contributed by atoms with E-state index in [0.717, 1.165) is 6.42 Å². The molecule has 4 rings (SSSR count). The van der Waals surface area contributed by atoms with Gasteiger partial charge in [-0.15, -0.1) is 0 Å². The maximum atomic E-state index is 14.2. The van der Waals surface area contributed by atoms with Gasteiger partial charge in [-0.05, 0) is 25.2 Å². The summed E-state index contributed by atoms with van der Waals surface area (Å²) in [4.78, 5) is 0. The molecule has 4 saturated carbocycles. The van der Waals surface area contributed by atoms with Crippen molar-refractivity contribution in [3.63, 3.8) is 0 Å². The molecule has 14 heavy (non-hydrogen) atoms. The minimum Gasteiger partial charge on any atom is -0.244 e. The number of nitrogens with zero attached hydrogens (tertiary/aromatic N) is 1. The van der Waals surface area contributed by atoms with E-state index in [1.165, 1.54) is 0 Å².